The second kappa shape index (κ2) is 7.83. The van der Waals surface area contributed by atoms with Gasteiger partial charge in [-0.2, -0.15) is 0 Å². The van der Waals surface area contributed by atoms with E-state index in [1.807, 2.05) is 42.6 Å². The first-order valence-electron chi connectivity index (χ1n) is 8.40. The molecule has 2 rings (SSSR count). The van der Waals surface area contributed by atoms with Crippen LogP contribution in [0.15, 0.2) is 41.8 Å². The summed E-state index contributed by atoms with van der Waals surface area (Å²) in [6, 6.07) is 10.9. The zero-order chi connectivity index (χ0) is 18.6. The lowest BCUT2D eigenvalue weighted by Crippen LogP contribution is -2.48. The highest BCUT2D eigenvalue weighted by Crippen LogP contribution is 2.34. The van der Waals surface area contributed by atoms with Gasteiger partial charge in [0.15, 0.2) is 0 Å². The van der Waals surface area contributed by atoms with Crippen molar-refractivity contribution in [1.29, 1.82) is 0 Å². The number of carbonyl (C=O) groups excluding carboxylic acids is 2. The Morgan fingerprint density at radius 2 is 1.72 bits per heavy atom. The molecular formula is C20H26N2O2S. The Kier molecular flexibility index (Phi) is 6.01. The van der Waals surface area contributed by atoms with Gasteiger partial charge in [0.05, 0.1) is 10.9 Å². The average Bonchev–Trinajstić information content (AvgIpc) is 3.06. The standard InChI is InChI=1S/C20H26N2O2S/c1-13-9-6-7-10-15(13)17(20(3,4)5)22-18(23)14(2)21-19(24)16-11-8-12-25-16/h6-12,14,17H,1-5H3,(H,21,24)(H,22,23)/t14-,17-/m0/s1. The van der Waals surface area contributed by atoms with Crippen molar-refractivity contribution in [2.75, 3.05) is 0 Å². The monoisotopic (exact) mass is 358 g/mol. The van der Waals surface area contributed by atoms with Crippen molar-refractivity contribution >= 4 is 23.2 Å². The minimum Gasteiger partial charge on any atom is -0.347 e. The number of hydrogen-bond acceptors (Lipinski definition) is 3. The van der Waals surface area contributed by atoms with Crippen LogP contribution in [-0.4, -0.2) is 17.9 Å². The molecule has 0 spiro atoms. The van der Waals surface area contributed by atoms with Crippen LogP contribution in [0, 0.1) is 12.3 Å². The number of carbonyl (C=O) groups is 2. The minimum atomic E-state index is -0.608. The molecule has 0 aliphatic carbocycles. The average molecular weight is 359 g/mol. The molecule has 2 amide bonds. The lowest BCUT2D eigenvalue weighted by molar-refractivity contribution is -0.124. The Bertz CT molecular complexity index is 732. The predicted octanol–water partition coefficient (Wildman–Crippen LogP) is 4.08. The molecular weight excluding hydrogens is 332 g/mol. The van der Waals surface area contributed by atoms with Crippen LogP contribution in [0.1, 0.15) is 54.5 Å². The molecule has 134 valence electrons. The van der Waals surface area contributed by atoms with Crippen LogP contribution in [0.3, 0.4) is 0 Å². The van der Waals surface area contributed by atoms with Crippen molar-refractivity contribution in [2.45, 2.75) is 46.7 Å². The number of rotatable bonds is 5. The summed E-state index contributed by atoms with van der Waals surface area (Å²) >= 11 is 1.36. The highest BCUT2D eigenvalue weighted by atomic mass is 32.1. The van der Waals surface area contributed by atoms with E-state index in [-0.39, 0.29) is 23.3 Å². The van der Waals surface area contributed by atoms with Crippen molar-refractivity contribution in [3.8, 4) is 0 Å². The maximum Gasteiger partial charge on any atom is 0.261 e. The highest BCUT2D eigenvalue weighted by Gasteiger charge is 2.30. The van der Waals surface area contributed by atoms with E-state index >= 15 is 0 Å². The summed E-state index contributed by atoms with van der Waals surface area (Å²) in [5.41, 5.74) is 2.08. The van der Waals surface area contributed by atoms with Crippen LogP contribution in [0.2, 0.25) is 0 Å². The SMILES string of the molecule is Cc1ccccc1[C@H](NC(=O)[C@H](C)NC(=O)c1cccs1)C(C)(C)C. The van der Waals surface area contributed by atoms with Crippen LogP contribution >= 0.6 is 11.3 Å². The maximum absolute atomic E-state index is 12.7. The van der Waals surface area contributed by atoms with Gasteiger partial charge in [-0.25, -0.2) is 0 Å². The summed E-state index contributed by atoms with van der Waals surface area (Å²) in [6.07, 6.45) is 0. The number of amides is 2. The number of nitrogens with one attached hydrogen (secondary N) is 2. The van der Waals surface area contributed by atoms with Gasteiger partial charge in [-0.1, -0.05) is 51.1 Å². The molecule has 2 aromatic rings. The first kappa shape index (κ1) is 19.2. The Morgan fingerprint density at radius 1 is 1.04 bits per heavy atom. The topological polar surface area (TPSA) is 58.2 Å². The van der Waals surface area contributed by atoms with Gasteiger partial charge >= 0.3 is 0 Å². The van der Waals surface area contributed by atoms with Gasteiger partial charge < -0.3 is 10.6 Å². The van der Waals surface area contributed by atoms with E-state index < -0.39 is 6.04 Å². The lowest BCUT2D eigenvalue weighted by atomic mass is 9.80. The largest absolute Gasteiger partial charge is 0.347 e. The first-order chi connectivity index (χ1) is 11.7. The Morgan fingerprint density at radius 3 is 2.28 bits per heavy atom. The van der Waals surface area contributed by atoms with Crippen LogP contribution < -0.4 is 10.6 Å². The van der Waals surface area contributed by atoms with Crippen molar-refractivity contribution in [3.63, 3.8) is 0 Å². The third-order valence-corrected chi connectivity index (χ3v) is 5.01. The molecule has 2 atom stereocenters. The zero-order valence-corrected chi connectivity index (χ0v) is 16.2. The normalized spacial score (nSPS) is 13.8. The molecule has 0 aliphatic heterocycles. The quantitative estimate of drug-likeness (QED) is 0.846. The molecule has 2 N–H and O–H groups in total. The number of hydrogen-bond donors (Lipinski definition) is 2. The van der Waals surface area contributed by atoms with E-state index in [1.54, 1.807) is 13.0 Å². The Hall–Kier alpha value is -2.14. The highest BCUT2D eigenvalue weighted by molar-refractivity contribution is 7.12. The first-order valence-corrected chi connectivity index (χ1v) is 9.28. The van der Waals surface area contributed by atoms with E-state index in [0.717, 1.165) is 11.1 Å². The molecule has 25 heavy (non-hydrogen) atoms. The van der Waals surface area contributed by atoms with Crippen molar-refractivity contribution in [3.05, 3.63) is 57.8 Å². The molecule has 0 saturated heterocycles. The Labute approximate surface area is 153 Å². The predicted molar refractivity (Wildman–Crippen MR) is 103 cm³/mol. The van der Waals surface area contributed by atoms with Crippen molar-refractivity contribution in [1.82, 2.24) is 10.6 Å². The molecule has 0 saturated carbocycles. The second-order valence-electron chi connectivity index (χ2n) is 7.34. The maximum atomic E-state index is 12.7. The molecule has 4 nitrogen and oxygen atoms in total. The molecule has 1 aromatic heterocycles. The third-order valence-electron chi connectivity index (χ3n) is 4.14. The summed E-state index contributed by atoms with van der Waals surface area (Å²) in [5, 5.41) is 7.72. The van der Waals surface area contributed by atoms with Gasteiger partial charge in [-0.15, -0.1) is 11.3 Å². The van der Waals surface area contributed by atoms with Crippen molar-refractivity contribution < 1.29 is 9.59 Å². The molecule has 0 bridgehead atoms. The van der Waals surface area contributed by atoms with Gasteiger partial charge in [0.2, 0.25) is 5.91 Å². The fourth-order valence-corrected chi connectivity index (χ4v) is 3.31. The van der Waals surface area contributed by atoms with Gasteiger partial charge in [-0.05, 0) is 41.8 Å². The fraction of sp³-hybridized carbons (Fsp3) is 0.400. The summed E-state index contributed by atoms with van der Waals surface area (Å²) in [4.78, 5) is 25.4. The molecule has 0 aliphatic rings. The van der Waals surface area contributed by atoms with Crippen LogP contribution in [0.5, 0.6) is 0 Å². The number of benzene rings is 1. The van der Waals surface area contributed by atoms with E-state index in [0.29, 0.717) is 4.88 Å². The molecule has 5 heteroatoms. The Balaban J connectivity index is 2.12. The van der Waals surface area contributed by atoms with Crippen LogP contribution in [-0.2, 0) is 4.79 Å². The summed E-state index contributed by atoms with van der Waals surface area (Å²) < 4.78 is 0. The molecule has 0 unspecified atom stereocenters. The summed E-state index contributed by atoms with van der Waals surface area (Å²) in [5.74, 6) is -0.408. The second-order valence-corrected chi connectivity index (χ2v) is 8.28. The minimum absolute atomic E-state index is 0.137. The van der Waals surface area contributed by atoms with Crippen LogP contribution in [0.25, 0.3) is 0 Å². The summed E-state index contributed by atoms with van der Waals surface area (Å²) in [7, 11) is 0. The fourth-order valence-electron chi connectivity index (χ4n) is 2.68. The third kappa shape index (κ3) is 4.92. The summed E-state index contributed by atoms with van der Waals surface area (Å²) in [6.45, 7) is 10.0. The lowest BCUT2D eigenvalue weighted by Gasteiger charge is -2.34. The van der Waals surface area contributed by atoms with Gasteiger partial charge in [0.25, 0.3) is 5.91 Å². The number of thiophene rings is 1. The van der Waals surface area contributed by atoms with E-state index in [2.05, 4.69) is 31.4 Å². The molecule has 1 heterocycles. The van der Waals surface area contributed by atoms with E-state index in [1.165, 1.54) is 11.3 Å². The van der Waals surface area contributed by atoms with Crippen LogP contribution in [0.4, 0.5) is 0 Å². The van der Waals surface area contributed by atoms with Gasteiger partial charge in [0.1, 0.15) is 6.04 Å². The van der Waals surface area contributed by atoms with E-state index in [9.17, 15) is 9.59 Å². The molecule has 0 radical (unpaired) electrons. The molecule has 0 fully saturated rings. The van der Waals surface area contributed by atoms with Gasteiger partial charge in [0, 0.05) is 0 Å². The van der Waals surface area contributed by atoms with E-state index in [4.69, 9.17) is 0 Å². The van der Waals surface area contributed by atoms with Gasteiger partial charge in [-0.3, -0.25) is 9.59 Å². The molecule has 1 aromatic carbocycles. The number of aryl methyl sites for hydroxylation is 1. The smallest absolute Gasteiger partial charge is 0.261 e. The zero-order valence-electron chi connectivity index (χ0n) is 15.4. The van der Waals surface area contributed by atoms with Crippen molar-refractivity contribution in [2.24, 2.45) is 5.41 Å².